The second-order valence-electron chi connectivity index (χ2n) is 4.48. The highest BCUT2D eigenvalue weighted by Crippen LogP contribution is 2.37. The molecule has 2 aromatic rings. The van der Waals surface area contributed by atoms with Crippen molar-refractivity contribution in [1.29, 1.82) is 0 Å². The maximum atomic E-state index is 10.6. The van der Waals surface area contributed by atoms with Gasteiger partial charge in [-0.2, -0.15) is 0 Å². The van der Waals surface area contributed by atoms with Crippen LogP contribution < -0.4 is 9.47 Å². The van der Waals surface area contributed by atoms with E-state index in [1.807, 2.05) is 0 Å². The van der Waals surface area contributed by atoms with Crippen LogP contribution in [0.5, 0.6) is 11.5 Å². The van der Waals surface area contributed by atoms with Crippen molar-refractivity contribution in [2.75, 3.05) is 7.11 Å². The molecule has 0 spiro atoms. The van der Waals surface area contributed by atoms with Gasteiger partial charge in [-0.3, -0.25) is 10.1 Å². The summed E-state index contributed by atoms with van der Waals surface area (Å²) in [6.07, 6.45) is 0. The molecule has 0 amide bonds. The first kappa shape index (κ1) is 16.1. The number of aliphatic hydroxyl groups excluding tert-OH is 1. The van der Waals surface area contributed by atoms with Crippen molar-refractivity contribution < 1.29 is 19.5 Å². The zero-order chi connectivity index (χ0) is 16.1. The van der Waals surface area contributed by atoms with Crippen LogP contribution in [0.25, 0.3) is 0 Å². The summed E-state index contributed by atoms with van der Waals surface area (Å²) in [5.41, 5.74) is 1.39. The predicted octanol–water partition coefficient (Wildman–Crippen LogP) is 3.33. The first-order chi connectivity index (χ1) is 10.5. The lowest BCUT2D eigenvalue weighted by molar-refractivity contribution is -0.384. The summed E-state index contributed by atoms with van der Waals surface area (Å²) in [6, 6.07) is 9.27. The highest BCUT2D eigenvalue weighted by molar-refractivity contribution is 6.32. The van der Waals surface area contributed by atoms with Gasteiger partial charge in [0.1, 0.15) is 6.61 Å². The van der Waals surface area contributed by atoms with Crippen LogP contribution in [0.15, 0.2) is 36.4 Å². The summed E-state index contributed by atoms with van der Waals surface area (Å²) in [4.78, 5) is 10.1. The first-order valence-electron chi connectivity index (χ1n) is 6.38. The van der Waals surface area contributed by atoms with Crippen LogP contribution in [-0.4, -0.2) is 17.1 Å². The van der Waals surface area contributed by atoms with Crippen molar-refractivity contribution in [2.45, 2.75) is 13.2 Å². The SMILES string of the molecule is COc1cc(CO)cc(Cl)c1OCc1ccc([N+](=O)[O-])cc1. The lowest BCUT2D eigenvalue weighted by Gasteiger charge is -2.13. The molecule has 0 aliphatic carbocycles. The van der Waals surface area contributed by atoms with Crippen molar-refractivity contribution in [3.63, 3.8) is 0 Å². The van der Waals surface area contributed by atoms with Gasteiger partial charge in [-0.25, -0.2) is 0 Å². The Hall–Kier alpha value is -2.31. The number of non-ortho nitro benzene ring substituents is 1. The second-order valence-corrected chi connectivity index (χ2v) is 4.89. The summed E-state index contributed by atoms with van der Waals surface area (Å²) < 4.78 is 10.8. The molecule has 0 fully saturated rings. The van der Waals surface area contributed by atoms with E-state index in [0.717, 1.165) is 5.56 Å². The number of nitro benzene ring substituents is 1. The Morgan fingerprint density at radius 2 is 1.91 bits per heavy atom. The highest BCUT2D eigenvalue weighted by atomic mass is 35.5. The summed E-state index contributed by atoms with van der Waals surface area (Å²) >= 11 is 6.12. The third-order valence-electron chi connectivity index (χ3n) is 3.00. The minimum absolute atomic E-state index is 0.0201. The molecular weight excluding hydrogens is 310 g/mol. The molecule has 116 valence electrons. The minimum atomic E-state index is -0.460. The van der Waals surface area contributed by atoms with E-state index in [0.29, 0.717) is 22.1 Å². The summed E-state index contributed by atoms with van der Waals surface area (Å²) in [6.45, 7) is 0.0330. The molecule has 0 heterocycles. The number of benzene rings is 2. The Labute approximate surface area is 132 Å². The molecule has 6 nitrogen and oxygen atoms in total. The van der Waals surface area contributed by atoms with Gasteiger partial charge >= 0.3 is 0 Å². The van der Waals surface area contributed by atoms with Crippen LogP contribution >= 0.6 is 11.6 Å². The van der Waals surface area contributed by atoms with Crippen LogP contribution in [0.1, 0.15) is 11.1 Å². The number of hydrogen-bond acceptors (Lipinski definition) is 5. The molecule has 0 radical (unpaired) electrons. The van der Waals surface area contributed by atoms with Crippen molar-refractivity contribution in [3.8, 4) is 11.5 Å². The van der Waals surface area contributed by atoms with Gasteiger partial charge in [0.25, 0.3) is 5.69 Å². The zero-order valence-electron chi connectivity index (χ0n) is 11.8. The van der Waals surface area contributed by atoms with Crippen molar-refractivity contribution in [2.24, 2.45) is 0 Å². The fourth-order valence-corrected chi connectivity index (χ4v) is 2.16. The molecule has 22 heavy (non-hydrogen) atoms. The second kappa shape index (κ2) is 7.11. The average molecular weight is 324 g/mol. The van der Waals surface area contributed by atoms with E-state index in [-0.39, 0.29) is 18.9 Å². The fraction of sp³-hybridized carbons (Fsp3) is 0.200. The molecule has 0 aliphatic rings. The van der Waals surface area contributed by atoms with E-state index < -0.39 is 4.92 Å². The van der Waals surface area contributed by atoms with Gasteiger partial charge in [-0.15, -0.1) is 0 Å². The predicted molar refractivity (Wildman–Crippen MR) is 81.4 cm³/mol. The molecule has 0 unspecified atom stereocenters. The Balaban J connectivity index is 2.15. The number of halogens is 1. The van der Waals surface area contributed by atoms with E-state index in [4.69, 9.17) is 26.2 Å². The molecule has 1 N–H and O–H groups in total. The number of rotatable bonds is 6. The van der Waals surface area contributed by atoms with Crippen LogP contribution in [0.4, 0.5) is 5.69 Å². The van der Waals surface area contributed by atoms with Gasteiger partial charge in [-0.05, 0) is 35.4 Å². The van der Waals surface area contributed by atoms with E-state index in [2.05, 4.69) is 0 Å². The van der Waals surface area contributed by atoms with Crippen LogP contribution in [0.3, 0.4) is 0 Å². The van der Waals surface area contributed by atoms with E-state index in [1.54, 1.807) is 24.3 Å². The van der Waals surface area contributed by atoms with Crippen molar-refractivity contribution in [1.82, 2.24) is 0 Å². The quantitative estimate of drug-likeness (QED) is 0.651. The largest absolute Gasteiger partial charge is 0.493 e. The van der Waals surface area contributed by atoms with E-state index >= 15 is 0 Å². The van der Waals surface area contributed by atoms with Gasteiger partial charge in [-0.1, -0.05) is 11.6 Å². The Morgan fingerprint density at radius 3 is 2.45 bits per heavy atom. The summed E-state index contributed by atoms with van der Waals surface area (Å²) in [5.74, 6) is 0.776. The molecule has 0 saturated carbocycles. The van der Waals surface area contributed by atoms with Gasteiger partial charge in [0, 0.05) is 12.1 Å². The normalized spacial score (nSPS) is 10.3. The number of ether oxygens (including phenoxy) is 2. The van der Waals surface area contributed by atoms with Crippen LogP contribution in [0, 0.1) is 10.1 Å². The monoisotopic (exact) mass is 323 g/mol. The van der Waals surface area contributed by atoms with Crippen molar-refractivity contribution >= 4 is 17.3 Å². The molecule has 0 saturated heterocycles. The third kappa shape index (κ3) is 3.66. The van der Waals surface area contributed by atoms with Gasteiger partial charge in [0.2, 0.25) is 0 Å². The molecule has 2 aromatic carbocycles. The van der Waals surface area contributed by atoms with Gasteiger partial charge in [0.05, 0.1) is 23.7 Å². The first-order valence-corrected chi connectivity index (χ1v) is 6.76. The fourth-order valence-electron chi connectivity index (χ4n) is 1.87. The standard InChI is InChI=1S/C15H14ClNO5/c1-21-14-7-11(8-18)6-13(16)15(14)22-9-10-2-4-12(5-3-10)17(19)20/h2-7,18H,8-9H2,1H3. The highest BCUT2D eigenvalue weighted by Gasteiger charge is 2.12. The summed E-state index contributed by atoms with van der Waals surface area (Å²) in [7, 11) is 1.48. The summed E-state index contributed by atoms with van der Waals surface area (Å²) in [5, 5.41) is 20.1. The molecule has 0 aromatic heterocycles. The zero-order valence-corrected chi connectivity index (χ0v) is 12.5. The Bertz CT molecular complexity index is 672. The van der Waals surface area contributed by atoms with Gasteiger partial charge < -0.3 is 14.6 Å². The van der Waals surface area contributed by atoms with Crippen LogP contribution in [-0.2, 0) is 13.2 Å². The maximum Gasteiger partial charge on any atom is 0.269 e. The maximum absolute atomic E-state index is 10.6. The lowest BCUT2D eigenvalue weighted by Crippen LogP contribution is -2.00. The number of hydrogen-bond donors (Lipinski definition) is 1. The van der Waals surface area contributed by atoms with Crippen molar-refractivity contribution in [3.05, 3.63) is 62.7 Å². The number of aliphatic hydroxyl groups is 1. The molecule has 0 atom stereocenters. The third-order valence-corrected chi connectivity index (χ3v) is 3.28. The van der Waals surface area contributed by atoms with E-state index in [1.165, 1.54) is 19.2 Å². The Kier molecular flexibility index (Phi) is 5.19. The molecule has 7 heteroatoms. The lowest BCUT2D eigenvalue weighted by atomic mass is 10.2. The van der Waals surface area contributed by atoms with Crippen LogP contribution in [0.2, 0.25) is 5.02 Å². The minimum Gasteiger partial charge on any atom is -0.493 e. The molecule has 0 aliphatic heterocycles. The molecule has 2 rings (SSSR count). The number of nitro groups is 1. The smallest absolute Gasteiger partial charge is 0.269 e. The molecule has 0 bridgehead atoms. The topological polar surface area (TPSA) is 81.8 Å². The number of methoxy groups -OCH3 is 1. The Morgan fingerprint density at radius 1 is 1.23 bits per heavy atom. The van der Waals surface area contributed by atoms with E-state index in [9.17, 15) is 10.1 Å². The average Bonchev–Trinajstić information content (AvgIpc) is 2.53. The van der Waals surface area contributed by atoms with Gasteiger partial charge in [0.15, 0.2) is 11.5 Å². The molecular formula is C15H14ClNO5. The number of nitrogens with zero attached hydrogens (tertiary/aromatic N) is 1.